The molecule has 0 aromatic heterocycles. The van der Waals surface area contributed by atoms with E-state index in [1.165, 1.54) is 6.42 Å². The first kappa shape index (κ1) is 17.1. The fraction of sp³-hybridized carbons (Fsp3) is 1.00. The summed E-state index contributed by atoms with van der Waals surface area (Å²) in [7, 11) is 0. The van der Waals surface area contributed by atoms with Crippen molar-refractivity contribution in [1.82, 2.24) is 21.5 Å². The van der Waals surface area contributed by atoms with Gasteiger partial charge in [0.25, 0.3) is 0 Å². The summed E-state index contributed by atoms with van der Waals surface area (Å²) >= 11 is 0. The van der Waals surface area contributed by atoms with Crippen molar-refractivity contribution < 1.29 is 14.2 Å². The Morgan fingerprint density at radius 1 is 0.917 bits per heavy atom. The minimum atomic E-state index is -0.0760. The van der Waals surface area contributed by atoms with E-state index in [2.05, 4.69) is 28.4 Å². The minimum absolute atomic E-state index is 0.0760. The van der Waals surface area contributed by atoms with E-state index in [9.17, 15) is 0 Å². The van der Waals surface area contributed by atoms with Crippen molar-refractivity contribution in [3.05, 3.63) is 0 Å². The molecule has 1 saturated carbocycles. The van der Waals surface area contributed by atoms with Crippen LogP contribution in [-0.4, -0.2) is 63.1 Å². The number of hydrazine groups is 1. The maximum absolute atomic E-state index is 6.33. The number of hydrogen-bond donors (Lipinski definition) is 4. The van der Waals surface area contributed by atoms with Crippen molar-refractivity contribution in [2.24, 2.45) is 5.92 Å². The Hall–Kier alpha value is -0.280. The van der Waals surface area contributed by atoms with E-state index in [1.807, 2.05) is 0 Å². The van der Waals surface area contributed by atoms with Crippen LogP contribution in [0.3, 0.4) is 0 Å². The van der Waals surface area contributed by atoms with Gasteiger partial charge in [-0.25, -0.2) is 0 Å². The molecule has 4 N–H and O–H groups in total. The van der Waals surface area contributed by atoms with Crippen LogP contribution in [0.15, 0.2) is 0 Å². The molecule has 7 nitrogen and oxygen atoms in total. The summed E-state index contributed by atoms with van der Waals surface area (Å²) in [4.78, 5) is 0. The van der Waals surface area contributed by atoms with Crippen LogP contribution in [0.25, 0.3) is 0 Å². The molecule has 24 heavy (non-hydrogen) atoms. The molecule has 3 saturated heterocycles. The third-order valence-corrected chi connectivity index (χ3v) is 5.94. The topological polar surface area (TPSA) is 75.8 Å². The normalized spacial score (nSPS) is 47.6. The molecule has 138 valence electrons. The lowest BCUT2D eigenvalue weighted by Gasteiger charge is -2.40. The lowest BCUT2D eigenvalue weighted by molar-refractivity contribution is -0.0538. The van der Waals surface area contributed by atoms with Crippen LogP contribution in [0.4, 0.5) is 0 Å². The molecule has 1 aliphatic carbocycles. The van der Waals surface area contributed by atoms with Crippen LogP contribution in [0.2, 0.25) is 0 Å². The van der Waals surface area contributed by atoms with Gasteiger partial charge in [-0.2, -0.15) is 0 Å². The third kappa shape index (κ3) is 3.93. The predicted octanol–water partition coefficient (Wildman–Crippen LogP) is 0.0772. The Labute approximate surface area is 144 Å². The second-order valence-corrected chi connectivity index (χ2v) is 7.63. The van der Waals surface area contributed by atoms with Crippen molar-refractivity contribution in [3.63, 3.8) is 0 Å². The van der Waals surface area contributed by atoms with Gasteiger partial charge in [0.05, 0.1) is 25.4 Å². The molecule has 7 atom stereocenters. The largest absolute Gasteiger partial charge is 0.379 e. The molecule has 0 amide bonds. The number of hydrogen-bond acceptors (Lipinski definition) is 7. The highest BCUT2D eigenvalue weighted by Crippen LogP contribution is 2.34. The maximum atomic E-state index is 6.33. The van der Waals surface area contributed by atoms with Gasteiger partial charge in [-0.3, -0.25) is 21.5 Å². The van der Waals surface area contributed by atoms with Crippen LogP contribution in [0.5, 0.6) is 0 Å². The fourth-order valence-corrected chi connectivity index (χ4v) is 4.64. The first-order valence-corrected chi connectivity index (χ1v) is 9.65. The second-order valence-electron chi connectivity index (χ2n) is 7.63. The van der Waals surface area contributed by atoms with Crippen molar-refractivity contribution in [2.75, 3.05) is 26.4 Å². The average molecular weight is 340 g/mol. The lowest BCUT2D eigenvalue weighted by atomic mass is 9.77. The summed E-state index contributed by atoms with van der Waals surface area (Å²) < 4.78 is 17.9. The van der Waals surface area contributed by atoms with E-state index in [0.717, 1.165) is 38.8 Å². The molecule has 4 rings (SSSR count). The van der Waals surface area contributed by atoms with Crippen LogP contribution in [0.1, 0.15) is 39.0 Å². The van der Waals surface area contributed by atoms with Crippen molar-refractivity contribution in [3.8, 4) is 0 Å². The monoisotopic (exact) mass is 340 g/mol. The zero-order chi connectivity index (χ0) is 16.4. The highest BCUT2D eigenvalue weighted by molar-refractivity contribution is 5.01. The smallest absolute Gasteiger partial charge is 0.163 e. The SMILES string of the molecule is C[C@H]1CCOCCOC2NCCC(N2)C2NNC3CCC(CC32)O1. The Morgan fingerprint density at radius 2 is 1.88 bits per heavy atom. The van der Waals surface area contributed by atoms with E-state index in [1.54, 1.807) is 0 Å². The summed E-state index contributed by atoms with van der Waals surface area (Å²) in [6.07, 6.45) is 6.10. The molecule has 6 unspecified atom stereocenters. The molecule has 3 heterocycles. The van der Waals surface area contributed by atoms with Gasteiger partial charge in [0, 0.05) is 31.3 Å². The van der Waals surface area contributed by atoms with Crippen LogP contribution in [-0.2, 0) is 14.2 Å². The van der Waals surface area contributed by atoms with Crippen LogP contribution >= 0.6 is 0 Å². The molecule has 4 fully saturated rings. The number of ether oxygens (including phenoxy) is 3. The summed E-state index contributed by atoms with van der Waals surface area (Å²) in [6.45, 7) is 5.14. The Bertz CT molecular complexity index is 413. The molecule has 7 heteroatoms. The van der Waals surface area contributed by atoms with Crippen LogP contribution < -0.4 is 21.5 Å². The first-order valence-electron chi connectivity index (χ1n) is 9.65. The maximum Gasteiger partial charge on any atom is 0.163 e. The molecular weight excluding hydrogens is 308 g/mol. The molecule has 0 spiro atoms. The van der Waals surface area contributed by atoms with Gasteiger partial charge in [0.2, 0.25) is 0 Å². The van der Waals surface area contributed by atoms with E-state index in [4.69, 9.17) is 14.2 Å². The molecular formula is C17H32N4O3. The van der Waals surface area contributed by atoms with Gasteiger partial charge in [-0.05, 0) is 44.9 Å². The molecule has 0 radical (unpaired) electrons. The van der Waals surface area contributed by atoms with E-state index in [0.29, 0.717) is 43.4 Å². The standard InChI is InChI=1S/C17H32N4O3/c1-11-5-7-22-8-9-23-17-18-6-4-15(19-17)16-13-10-12(24-11)2-3-14(13)20-21-16/h11-21H,2-10H2,1H3/t11-,12?,13?,14?,15?,16?,17?/m0/s1. The van der Waals surface area contributed by atoms with E-state index >= 15 is 0 Å². The fourth-order valence-electron chi connectivity index (χ4n) is 4.64. The second kappa shape index (κ2) is 7.95. The van der Waals surface area contributed by atoms with E-state index in [-0.39, 0.29) is 12.5 Å². The molecule has 3 aliphatic heterocycles. The summed E-state index contributed by atoms with van der Waals surface area (Å²) in [5.74, 6) is 0.619. The van der Waals surface area contributed by atoms with Gasteiger partial charge < -0.3 is 14.2 Å². The first-order chi connectivity index (χ1) is 11.8. The van der Waals surface area contributed by atoms with Gasteiger partial charge in [-0.1, -0.05) is 0 Å². The highest BCUT2D eigenvalue weighted by atomic mass is 16.5. The summed E-state index contributed by atoms with van der Waals surface area (Å²) in [5, 5.41) is 7.03. The van der Waals surface area contributed by atoms with Gasteiger partial charge in [0.15, 0.2) is 6.35 Å². The van der Waals surface area contributed by atoms with Gasteiger partial charge in [-0.15, -0.1) is 0 Å². The Balaban J connectivity index is 1.46. The van der Waals surface area contributed by atoms with E-state index < -0.39 is 0 Å². The Morgan fingerprint density at radius 3 is 2.83 bits per heavy atom. The number of nitrogens with one attached hydrogen (secondary N) is 4. The highest BCUT2D eigenvalue weighted by Gasteiger charge is 2.45. The lowest BCUT2D eigenvalue weighted by Crippen LogP contribution is -2.62. The zero-order valence-corrected chi connectivity index (χ0v) is 14.6. The van der Waals surface area contributed by atoms with Crippen molar-refractivity contribution in [1.29, 1.82) is 0 Å². The molecule has 4 aliphatic rings. The van der Waals surface area contributed by atoms with Gasteiger partial charge in [0.1, 0.15) is 0 Å². The zero-order valence-electron chi connectivity index (χ0n) is 14.6. The van der Waals surface area contributed by atoms with Gasteiger partial charge >= 0.3 is 0 Å². The molecule has 0 aromatic rings. The molecule has 0 aromatic carbocycles. The van der Waals surface area contributed by atoms with Crippen molar-refractivity contribution in [2.45, 2.75) is 75.7 Å². The average Bonchev–Trinajstić information content (AvgIpc) is 3.01. The molecule has 4 bridgehead atoms. The quantitative estimate of drug-likeness (QED) is 0.497. The van der Waals surface area contributed by atoms with Crippen LogP contribution in [0, 0.1) is 5.92 Å². The Kier molecular flexibility index (Phi) is 5.68. The third-order valence-electron chi connectivity index (χ3n) is 5.94. The minimum Gasteiger partial charge on any atom is -0.379 e. The van der Waals surface area contributed by atoms with Crippen molar-refractivity contribution >= 4 is 0 Å². The summed E-state index contributed by atoms with van der Waals surface area (Å²) in [6, 6.07) is 1.42. The number of rotatable bonds is 0. The summed E-state index contributed by atoms with van der Waals surface area (Å²) in [5.41, 5.74) is 7.11. The number of fused-ring (bicyclic) bond motifs is 4. The predicted molar refractivity (Wildman–Crippen MR) is 90.2 cm³/mol.